The van der Waals surface area contributed by atoms with Crippen LogP contribution in [0, 0.1) is 24.2 Å². The number of pyridine rings is 1. The van der Waals surface area contributed by atoms with Gasteiger partial charge < -0.3 is 10.2 Å². The zero-order valence-electron chi connectivity index (χ0n) is 30.3. The molecule has 3 amide bonds. The number of nitrogens with zero attached hydrogens (tertiary/aromatic N) is 7. The number of aryl methyl sites for hydroxylation is 2. The molecular weight excluding hydrogens is 689 g/mol. The van der Waals surface area contributed by atoms with E-state index in [0.29, 0.717) is 46.7 Å². The average molecular weight is 732 g/mol. The molecule has 0 radical (unpaired) electrons. The first kappa shape index (κ1) is 35.4. The first-order chi connectivity index (χ1) is 26.1. The van der Waals surface area contributed by atoms with E-state index >= 15 is 4.39 Å². The van der Waals surface area contributed by atoms with Crippen LogP contribution in [0.3, 0.4) is 0 Å². The molecule has 3 aliphatic rings. The zero-order valence-corrected chi connectivity index (χ0v) is 30.3. The highest BCUT2D eigenvalue weighted by Gasteiger charge is 2.36. The number of imidazole rings is 1. The second kappa shape index (κ2) is 14.3. The van der Waals surface area contributed by atoms with Crippen molar-refractivity contribution in [3.05, 3.63) is 87.7 Å². The number of para-hydroxylation sites is 1. The van der Waals surface area contributed by atoms with Gasteiger partial charge in [0.05, 0.1) is 33.7 Å². The quantitative estimate of drug-likeness (QED) is 0.220. The molecule has 1 saturated carbocycles. The van der Waals surface area contributed by atoms with Crippen molar-refractivity contribution in [3.8, 4) is 6.07 Å². The predicted octanol–water partition coefficient (Wildman–Crippen LogP) is 5.05. The van der Waals surface area contributed by atoms with Crippen LogP contribution in [0.15, 0.2) is 59.8 Å². The third-order valence-electron chi connectivity index (χ3n) is 11.6. The summed E-state index contributed by atoms with van der Waals surface area (Å²) in [5.41, 5.74) is 4.74. The van der Waals surface area contributed by atoms with Gasteiger partial charge in [0.1, 0.15) is 18.3 Å². The molecule has 1 aliphatic carbocycles. The first-order valence-electron chi connectivity index (χ1n) is 18.6. The molecule has 8 rings (SSSR count). The summed E-state index contributed by atoms with van der Waals surface area (Å²) in [5, 5.41) is 20.3. The number of nitrogens with one attached hydrogen (secondary N) is 2. The summed E-state index contributed by atoms with van der Waals surface area (Å²) in [6.07, 6.45) is 8.81. The van der Waals surface area contributed by atoms with E-state index in [9.17, 15) is 19.2 Å². The van der Waals surface area contributed by atoms with Crippen LogP contribution >= 0.6 is 0 Å². The third-order valence-corrected chi connectivity index (χ3v) is 11.6. The monoisotopic (exact) mass is 731 g/mol. The Kier molecular flexibility index (Phi) is 9.35. The smallest absolute Gasteiger partial charge is 0.322 e. The number of piperidine rings is 2. The number of halogens is 1. The number of likely N-dealkylation sites (tertiary alicyclic amines) is 1. The number of carbonyl (C=O) groups excluding carboxylic acids is 3. The lowest BCUT2D eigenvalue weighted by Crippen LogP contribution is -2.44. The molecule has 3 fully saturated rings. The van der Waals surface area contributed by atoms with Gasteiger partial charge in [-0.25, -0.2) is 9.18 Å². The van der Waals surface area contributed by atoms with Crippen molar-refractivity contribution in [1.82, 2.24) is 34.1 Å². The van der Waals surface area contributed by atoms with Crippen LogP contribution in [0.1, 0.15) is 90.0 Å². The molecule has 5 aromatic rings. The number of hydrogen-bond donors (Lipinski definition) is 2. The van der Waals surface area contributed by atoms with Crippen molar-refractivity contribution in [2.75, 3.05) is 25.0 Å². The summed E-state index contributed by atoms with van der Waals surface area (Å²) in [6.45, 7) is 3.85. The summed E-state index contributed by atoms with van der Waals surface area (Å²) < 4.78 is 21.1. The number of carbonyl (C=O) groups is 3. The molecule has 2 aromatic carbocycles. The van der Waals surface area contributed by atoms with Crippen LogP contribution < -0.4 is 16.3 Å². The molecule has 278 valence electrons. The second-order valence-electron chi connectivity index (χ2n) is 15.1. The van der Waals surface area contributed by atoms with Crippen molar-refractivity contribution in [1.29, 1.82) is 5.26 Å². The number of rotatable bonds is 7. The van der Waals surface area contributed by atoms with Gasteiger partial charge in [-0.15, -0.1) is 0 Å². The normalized spacial score (nSPS) is 23.7. The number of imide groups is 1. The van der Waals surface area contributed by atoms with E-state index in [1.165, 1.54) is 27.6 Å². The van der Waals surface area contributed by atoms with Crippen LogP contribution in [0.5, 0.6) is 0 Å². The third kappa shape index (κ3) is 6.57. The lowest BCUT2D eigenvalue weighted by atomic mass is 9.83. The highest BCUT2D eigenvalue weighted by Crippen LogP contribution is 2.38. The lowest BCUT2D eigenvalue weighted by molar-refractivity contribution is -0.135. The Morgan fingerprint density at radius 1 is 1.07 bits per heavy atom. The number of hydrogen-bond acceptors (Lipinski definition) is 8. The Hall–Kier alpha value is -5.68. The average Bonchev–Trinajstić information content (AvgIpc) is 3.69. The highest BCUT2D eigenvalue weighted by molar-refractivity contribution is 6.05. The maximum absolute atomic E-state index is 16.1. The molecule has 1 unspecified atom stereocenters. The van der Waals surface area contributed by atoms with E-state index in [4.69, 9.17) is 10.4 Å². The van der Waals surface area contributed by atoms with Gasteiger partial charge >= 0.3 is 5.69 Å². The fourth-order valence-corrected chi connectivity index (χ4v) is 8.78. The molecule has 5 heterocycles. The largest absolute Gasteiger partial charge is 0.329 e. The Bertz CT molecular complexity index is 2400. The van der Waals surface area contributed by atoms with Crippen molar-refractivity contribution in [3.63, 3.8) is 0 Å². The van der Waals surface area contributed by atoms with Gasteiger partial charge in [0.2, 0.25) is 11.8 Å². The van der Waals surface area contributed by atoms with Crippen LogP contribution in [0.25, 0.3) is 21.9 Å². The van der Waals surface area contributed by atoms with Gasteiger partial charge in [0, 0.05) is 62.1 Å². The lowest BCUT2D eigenvalue weighted by Gasteiger charge is -2.38. The summed E-state index contributed by atoms with van der Waals surface area (Å²) in [4.78, 5) is 57.0. The van der Waals surface area contributed by atoms with Crippen molar-refractivity contribution in [2.45, 2.75) is 76.0 Å². The van der Waals surface area contributed by atoms with E-state index in [0.717, 1.165) is 60.8 Å². The minimum Gasteiger partial charge on any atom is -0.322 e. The topological polar surface area (TPSA) is 160 Å². The van der Waals surface area contributed by atoms with Crippen molar-refractivity contribution >= 4 is 45.3 Å². The maximum atomic E-state index is 16.1. The van der Waals surface area contributed by atoms with E-state index in [-0.39, 0.29) is 42.3 Å². The van der Waals surface area contributed by atoms with Crippen LogP contribution in [0.4, 0.5) is 10.1 Å². The van der Waals surface area contributed by atoms with Gasteiger partial charge in [-0.05, 0) is 93.3 Å². The van der Waals surface area contributed by atoms with Gasteiger partial charge in [-0.2, -0.15) is 10.4 Å². The summed E-state index contributed by atoms with van der Waals surface area (Å²) in [7, 11) is 1.66. The highest BCUT2D eigenvalue weighted by atomic mass is 19.1. The number of fused-ring (bicyclic) bond motifs is 2. The summed E-state index contributed by atoms with van der Waals surface area (Å²) >= 11 is 0. The molecule has 0 spiro atoms. The van der Waals surface area contributed by atoms with Crippen LogP contribution in [0.2, 0.25) is 0 Å². The van der Waals surface area contributed by atoms with E-state index in [2.05, 4.69) is 25.2 Å². The molecule has 54 heavy (non-hydrogen) atoms. The number of aromatic nitrogens is 5. The van der Waals surface area contributed by atoms with Gasteiger partial charge in [-0.1, -0.05) is 12.1 Å². The van der Waals surface area contributed by atoms with E-state index in [1.54, 1.807) is 13.1 Å². The van der Waals surface area contributed by atoms with Crippen molar-refractivity contribution in [2.24, 2.45) is 13.0 Å². The molecule has 13 nitrogen and oxygen atoms in total. The molecule has 3 atom stereocenters. The predicted molar refractivity (Wildman–Crippen MR) is 200 cm³/mol. The molecule has 14 heteroatoms. The van der Waals surface area contributed by atoms with E-state index < -0.39 is 18.1 Å². The molecule has 2 aliphatic heterocycles. The summed E-state index contributed by atoms with van der Waals surface area (Å²) in [6, 6.07) is 12.4. The SMILES string of the molecule is Cc1cc2nn(C3CCC(CN4CC[C@@H](c5cccc6c5n(C)c(=O)n6C5CCC(=O)NC5=O)[C@H](F)C4)CC3)cc2cc1NC(=O)c1cncc(C#N)c1. The molecule has 2 N–H and O–H groups in total. The number of amides is 3. The van der Waals surface area contributed by atoms with Gasteiger partial charge in [-0.3, -0.25) is 38.5 Å². The Balaban J connectivity index is 0.888. The van der Waals surface area contributed by atoms with Crippen LogP contribution in [-0.4, -0.2) is 72.3 Å². The molecule has 2 saturated heterocycles. The minimum atomic E-state index is -1.11. The second-order valence-corrected chi connectivity index (χ2v) is 15.1. The van der Waals surface area contributed by atoms with Crippen LogP contribution in [-0.2, 0) is 16.6 Å². The standard InChI is InChI=1S/C40H42FN9O4/c1-23-14-33-27(16-32(23)44-38(52)26-15-25(17-42)18-43-19-26)21-49(46-33)28-8-6-24(7-9-28)20-48-13-12-29(31(41)22-48)30-4-3-5-34-37(30)47(2)40(54)50(34)35-10-11-36(51)45-39(35)53/h3-5,14-16,18-19,21,24,28-29,31,35H,6-13,20,22H2,1-2H3,(H,44,52)(H,45,51,53)/t24?,28?,29-,31+,35?/m0/s1. The molecule has 3 aromatic heterocycles. The number of nitriles is 1. The van der Waals surface area contributed by atoms with Gasteiger partial charge in [0.15, 0.2) is 0 Å². The number of alkyl halides is 1. The maximum Gasteiger partial charge on any atom is 0.329 e. The number of anilines is 1. The first-order valence-corrected chi connectivity index (χ1v) is 18.6. The Morgan fingerprint density at radius 2 is 1.89 bits per heavy atom. The van der Waals surface area contributed by atoms with Crippen molar-refractivity contribution < 1.29 is 18.8 Å². The molecule has 0 bridgehead atoms. The minimum absolute atomic E-state index is 0.163. The Labute approximate surface area is 310 Å². The van der Waals surface area contributed by atoms with Gasteiger partial charge in [0.25, 0.3) is 5.91 Å². The number of benzene rings is 2. The zero-order chi connectivity index (χ0) is 37.7. The fourth-order valence-electron chi connectivity index (χ4n) is 8.78. The van der Waals surface area contributed by atoms with E-state index in [1.807, 2.05) is 43.5 Å². The molecular formula is C40H42FN9O4. The Morgan fingerprint density at radius 3 is 2.65 bits per heavy atom. The fraction of sp³-hybridized carbons (Fsp3) is 0.425. The summed E-state index contributed by atoms with van der Waals surface area (Å²) in [5.74, 6) is -1.07.